The Morgan fingerprint density at radius 1 is 1.41 bits per heavy atom. The van der Waals surface area contributed by atoms with E-state index in [9.17, 15) is 14.4 Å². The highest BCUT2D eigenvalue weighted by Crippen LogP contribution is 1.99. The second-order valence-electron chi connectivity index (χ2n) is 4.59. The van der Waals surface area contributed by atoms with Crippen LogP contribution in [-0.4, -0.2) is 27.1 Å². The van der Waals surface area contributed by atoms with Crippen molar-refractivity contribution in [2.24, 2.45) is 5.10 Å². The molecule has 22 heavy (non-hydrogen) atoms. The normalized spacial score (nSPS) is 10.8. The number of hydrogen-bond donors (Lipinski definition) is 3. The number of aryl methyl sites for hydroxylation is 1. The van der Waals surface area contributed by atoms with Gasteiger partial charge in [0.1, 0.15) is 0 Å². The van der Waals surface area contributed by atoms with Crippen molar-refractivity contribution in [2.75, 3.05) is 0 Å². The first kappa shape index (κ1) is 15.4. The second-order valence-corrected chi connectivity index (χ2v) is 4.59. The molecule has 8 heteroatoms. The number of carbonyl (C=O) groups is 1. The van der Waals surface area contributed by atoms with Gasteiger partial charge in [0.15, 0.2) is 0 Å². The van der Waals surface area contributed by atoms with Crippen molar-refractivity contribution in [1.29, 1.82) is 0 Å². The molecule has 1 amide bonds. The molecule has 2 aromatic heterocycles. The molecule has 0 radical (unpaired) electrons. The molecule has 0 saturated heterocycles. The van der Waals surface area contributed by atoms with E-state index in [1.165, 1.54) is 6.21 Å². The summed E-state index contributed by atoms with van der Waals surface area (Å²) in [5.74, 6) is -0.329. The molecule has 0 atom stereocenters. The van der Waals surface area contributed by atoms with Crippen LogP contribution in [0.5, 0.6) is 0 Å². The van der Waals surface area contributed by atoms with E-state index in [2.05, 4.69) is 25.5 Å². The highest BCUT2D eigenvalue weighted by molar-refractivity contribution is 5.82. The number of aromatic amines is 2. The predicted molar refractivity (Wildman–Crippen MR) is 80.7 cm³/mol. The Labute approximate surface area is 125 Å². The summed E-state index contributed by atoms with van der Waals surface area (Å²) < 4.78 is 0. The number of aromatic nitrogens is 3. The molecule has 2 heterocycles. The minimum Gasteiger partial charge on any atom is -0.311 e. The zero-order valence-corrected chi connectivity index (χ0v) is 11.9. The Balaban J connectivity index is 1.90. The average Bonchev–Trinajstić information content (AvgIpc) is 2.47. The van der Waals surface area contributed by atoms with E-state index in [0.717, 1.165) is 5.56 Å². The molecule has 0 bridgehead atoms. The van der Waals surface area contributed by atoms with Gasteiger partial charge in [0, 0.05) is 35.6 Å². The van der Waals surface area contributed by atoms with Gasteiger partial charge in [-0.05, 0) is 19.4 Å². The van der Waals surface area contributed by atoms with Gasteiger partial charge in [-0.25, -0.2) is 10.2 Å². The fourth-order valence-electron chi connectivity index (χ4n) is 1.85. The van der Waals surface area contributed by atoms with Crippen LogP contribution in [0.1, 0.15) is 23.2 Å². The van der Waals surface area contributed by atoms with Crippen molar-refractivity contribution >= 4 is 12.1 Å². The zero-order valence-electron chi connectivity index (χ0n) is 11.9. The smallest absolute Gasteiger partial charge is 0.311 e. The van der Waals surface area contributed by atoms with Gasteiger partial charge < -0.3 is 4.98 Å². The molecule has 2 aromatic rings. The van der Waals surface area contributed by atoms with Crippen LogP contribution in [0.3, 0.4) is 0 Å². The Hall–Kier alpha value is -3.03. The highest BCUT2D eigenvalue weighted by atomic mass is 16.2. The van der Waals surface area contributed by atoms with E-state index in [-0.39, 0.29) is 18.7 Å². The van der Waals surface area contributed by atoms with E-state index >= 15 is 0 Å². The van der Waals surface area contributed by atoms with E-state index in [1.807, 2.05) is 0 Å². The number of hydrazone groups is 1. The first-order valence-electron chi connectivity index (χ1n) is 6.60. The van der Waals surface area contributed by atoms with Crippen LogP contribution in [0.4, 0.5) is 0 Å². The quantitative estimate of drug-likeness (QED) is 0.525. The lowest BCUT2D eigenvalue weighted by Gasteiger charge is -2.03. The van der Waals surface area contributed by atoms with Crippen molar-refractivity contribution in [2.45, 2.75) is 19.8 Å². The maximum Gasteiger partial charge on any atom is 0.325 e. The van der Waals surface area contributed by atoms with Crippen LogP contribution < -0.4 is 16.7 Å². The molecule has 0 spiro atoms. The van der Waals surface area contributed by atoms with Gasteiger partial charge in [0.05, 0.1) is 6.21 Å². The van der Waals surface area contributed by atoms with E-state index in [1.54, 1.807) is 31.5 Å². The summed E-state index contributed by atoms with van der Waals surface area (Å²) in [6, 6.07) is 3.56. The third-order valence-electron chi connectivity index (χ3n) is 2.94. The number of rotatable bonds is 5. The highest BCUT2D eigenvalue weighted by Gasteiger charge is 2.08. The van der Waals surface area contributed by atoms with Crippen LogP contribution in [0.2, 0.25) is 0 Å². The summed E-state index contributed by atoms with van der Waals surface area (Å²) in [6.45, 7) is 1.62. The SMILES string of the molecule is Cc1[nH]c(=O)[nH]c(=O)c1CCC(=O)N/N=C/c1cccnc1. The van der Waals surface area contributed by atoms with Gasteiger partial charge >= 0.3 is 5.69 Å². The maximum absolute atomic E-state index is 11.7. The topological polar surface area (TPSA) is 120 Å². The Morgan fingerprint density at radius 3 is 2.91 bits per heavy atom. The summed E-state index contributed by atoms with van der Waals surface area (Å²) in [6.07, 6.45) is 5.02. The fourth-order valence-corrected chi connectivity index (χ4v) is 1.85. The van der Waals surface area contributed by atoms with Crippen molar-refractivity contribution in [3.8, 4) is 0 Å². The van der Waals surface area contributed by atoms with Crippen LogP contribution in [0, 0.1) is 6.92 Å². The van der Waals surface area contributed by atoms with Gasteiger partial charge in [-0.1, -0.05) is 6.07 Å². The number of nitrogens with one attached hydrogen (secondary N) is 3. The summed E-state index contributed by atoms with van der Waals surface area (Å²) in [5.41, 5.74) is 2.93. The lowest BCUT2D eigenvalue weighted by atomic mass is 10.1. The monoisotopic (exact) mass is 301 g/mol. The van der Waals surface area contributed by atoms with Gasteiger partial charge in [-0.3, -0.25) is 19.6 Å². The van der Waals surface area contributed by atoms with Crippen LogP contribution in [0.15, 0.2) is 39.2 Å². The standard InChI is InChI=1S/C14H15N5O3/c1-9-11(13(21)18-14(22)17-9)4-5-12(20)19-16-8-10-3-2-6-15-7-10/h2-3,6-8H,4-5H2,1H3,(H,19,20)(H2,17,18,21,22)/b16-8+. The lowest BCUT2D eigenvalue weighted by molar-refractivity contribution is -0.121. The Bertz CT molecular complexity index is 792. The van der Waals surface area contributed by atoms with Crippen molar-refractivity contribution in [3.05, 3.63) is 62.2 Å². The molecule has 114 valence electrons. The summed E-state index contributed by atoms with van der Waals surface area (Å²) in [4.78, 5) is 42.9. The predicted octanol–water partition coefficient (Wildman–Crippen LogP) is -0.150. The Morgan fingerprint density at radius 2 is 2.23 bits per heavy atom. The van der Waals surface area contributed by atoms with Crippen molar-refractivity contribution < 1.29 is 4.79 Å². The number of carbonyl (C=O) groups excluding carboxylic acids is 1. The Kier molecular flexibility index (Phi) is 4.97. The molecular formula is C14H15N5O3. The summed E-state index contributed by atoms with van der Waals surface area (Å²) in [5, 5.41) is 3.80. The molecule has 0 aromatic carbocycles. The minimum absolute atomic E-state index is 0.0837. The van der Waals surface area contributed by atoms with Crippen molar-refractivity contribution in [1.82, 2.24) is 20.4 Å². The van der Waals surface area contributed by atoms with Crippen LogP contribution >= 0.6 is 0 Å². The molecular weight excluding hydrogens is 286 g/mol. The molecule has 0 aliphatic carbocycles. The number of H-pyrrole nitrogens is 2. The van der Waals surface area contributed by atoms with Gasteiger partial charge in [0.2, 0.25) is 5.91 Å². The number of pyridine rings is 1. The fraction of sp³-hybridized carbons (Fsp3) is 0.214. The van der Waals surface area contributed by atoms with Gasteiger partial charge in [0.25, 0.3) is 5.56 Å². The zero-order chi connectivity index (χ0) is 15.9. The molecule has 8 nitrogen and oxygen atoms in total. The molecule has 3 N–H and O–H groups in total. The molecule has 0 unspecified atom stereocenters. The summed E-state index contributed by atoms with van der Waals surface area (Å²) in [7, 11) is 0. The van der Waals surface area contributed by atoms with Gasteiger partial charge in [-0.2, -0.15) is 5.10 Å². The van der Waals surface area contributed by atoms with E-state index in [4.69, 9.17) is 0 Å². The molecule has 2 rings (SSSR count). The van der Waals surface area contributed by atoms with Gasteiger partial charge in [-0.15, -0.1) is 0 Å². The largest absolute Gasteiger partial charge is 0.325 e. The molecule has 0 aliphatic heterocycles. The third kappa shape index (κ3) is 4.23. The number of nitrogens with zero attached hydrogens (tertiary/aromatic N) is 2. The van der Waals surface area contributed by atoms with E-state index < -0.39 is 11.2 Å². The van der Waals surface area contributed by atoms with Crippen molar-refractivity contribution in [3.63, 3.8) is 0 Å². The average molecular weight is 301 g/mol. The van der Waals surface area contributed by atoms with E-state index in [0.29, 0.717) is 11.3 Å². The first-order valence-corrected chi connectivity index (χ1v) is 6.60. The number of amides is 1. The third-order valence-corrected chi connectivity index (χ3v) is 2.94. The second kappa shape index (κ2) is 7.11. The molecule has 0 fully saturated rings. The maximum atomic E-state index is 11.7. The minimum atomic E-state index is -0.559. The lowest BCUT2D eigenvalue weighted by Crippen LogP contribution is -2.28. The van der Waals surface area contributed by atoms with Crippen LogP contribution in [-0.2, 0) is 11.2 Å². The molecule has 0 aliphatic rings. The number of hydrogen-bond acceptors (Lipinski definition) is 5. The molecule has 0 saturated carbocycles. The van der Waals surface area contributed by atoms with Crippen LogP contribution in [0.25, 0.3) is 0 Å². The first-order chi connectivity index (χ1) is 10.6. The summed E-state index contributed by atoms with van der Waals surface area (Å²) >= 11 is 0.